The molecule has 0 saturated carbocycles. The number of nitrogens with zero attached hydrogens (tertiary/aromatic N) is 4. The minimum absolute atomic E-state index is 0.236. The number of carboxylic acid groups (broad SMARTS) is 1. The molecule has 9 heteroatoms. The van der Waals surface area contributed by atoms with E-state index in [0.717, 1.165) is 0 Å². The topological polar surface area (TPSA) is 87.3 Å². The Morgan fingerprint density at radius 2 is 2.06 bits per heavy atom. The Bertz CT molecular complexity index is 540. The number of carboxylic acids is 1. The summed E-state index contributed by atoms with van der Waals surface area (Å²) in [6, 6.07) is 4.12. The molecule has 0 saturated heterocycles. The molecule has 1 aliphatic rings. The summed E-state index contributed by atoms with van der Waals surface area (Å²) in [5.41, 5.74) is -2.69. The molecule has 0 aliphatic carbocycles. The summed E-state index contributed by atoms with van der Waals surface area (Å²) in [5.74, 6) is -3.26. The van der Waals surface area contributed by atoms with Crippen molar-refractivity contribution in [2.24, 2.45) is 15.2 Å². The number of amidine groups is 1. The quantitative estimate of drug-likeness (QED) is 0.876. The van der Waals surface area contributed by atoms with Crippen molar-refractivity contribution < 1.29 is 23.1 Å². The molecule has 1 N–H and O–H groups in total. The second-order valence-electron chi connectivity index (χ2n) is 3.33. The van der Waals surface area contributed by atoms with E-state index >= 15 is 0 Å². The van der Waals surface area contributed by atoms with Gasteiger partial charge in [-0.25, -0.2) is 9.79 Å². The normalized spacial score (nSPS) is 22.9. The molecule has 0 radical (unpaired) electrons. The van der Waals surface area contributed by atoms with Crippen molar-refractivity contribution in [3.05, 3.63) is 30.1 Å². The highest BCUT2D eigenvalue weighted by atomic mass is 19.4. The van der Waals surface area contributed by atoms with E-state index < -0.39 is 23.6 Å². The third-order valence-corrected chi connectivity index (χ3v) is 2.13. The zero-order chi connectivity index (χ0) is 13.4. The molecule has 6 nitrogen and oxygen atoms in total. The number of aromatic nitrogens is 1. The van der Waals surface area contributed by atoms with Gasteiger partial charge in [-0.3, -0.25) is 4.98 Å². The highest BCUT2D eigenvalue weighted by Gasteiger charge is 2.51. The molecule has 1 aliphatic heterocycles. The summed E-state index contributed by atoms with van der Waals surface area (Å²) in [6.45, 7) is 0. The van der Waals surface area contributed by atoms with Gasteiger partial charge in [-0.1, -0.05) is 6.07 Å². The molecule has 18 heavy (non-hydrogen) atoms. The van der Waals surface area contributed by atoms with Crippen molar-refractivity contribution in [3.8, 4) is 0 Å². The second-order valence-corrected chi connectivity index (χ2v) is 3.33. The summed E-state index contributed by atoms with van der Waals surface area (Å²) in [7, 11) is 0. The van der Waals surface area contributed by atoms with E-state index in [9.17, 15) is 18.0 Å². The average Bonchev–Trinajstić information content (AvgIpc) is 2.76. The molecule has 2 rings (SSSR count). The lowest BCUT2D eigenvalue weighted by molar-refractivity contribution is -0.143. The number of hydrogen-bond acceptors (Lipinski definition) is 5. The minimum atomic E-state index is -4.85. The zero-order valence-corrected chi connectivity index (χ0v) is 8.59. The van der Waals surface area contributed by atoms with E-state index in [1.54, 1.807) is 0 Å². The summed E-state index contributed by atoms with van der Waals surface area (Å²) in [4.78, 5) is 17.8. The van der Waals surface area contributed by atoms with E-state index in [1.165, 1.54) is 24.4 Å². The first-order valence-corrected chi connectivity index (χ1v) is 4.61. The fourth-order valence-corrected chi connectivity index (χ4v) is 1.32. The van der Waals surface area contributed by atoms with E-state index in [1.807, 2.05) is 0 Å². The van der Waals surface area contributed by atoms with Crippen LogP contribution in [0.5, 0.6) is 0 Å². The predicted molar refractivity (Wildman–Crippen MR) is 51.9 cm³/mol. The summed E-state index contributed by atoms with van der Waals surface area (Å²) >= 11 is 0. The molecule has 2 heterocycles. The maximum Gasteiger partial charge on any atom is 0.453 e. The van der Waals surface area contributed by atoms with Crippen molar-refractivity contribution in [2.75, 3.05) is 0 Å². The number of hydrogen-bond donors (Lipinski definition) is 1. The predicted octanol–water partition coefficient (Wildman–Crippen LogP) is 1.75. The van der Waals surface area contributed by atoms with E-state index in [-0.39, 0.29) is 5.69 Å². The van der Waals surface area contributed by atoms with Crippen molar-refractivity contribution in [1.82, 2.24) is 4.98 Å². The summed E-state index contributed by atoms with van der Waals surface area (Å²) in [6.07, 6.45) is -3.62. The number of aliphatic carboxylic acids is 1. The number of azo groups is 1. The Labute approximate surface area is 97.9 Å². The molecule has 0 aromatic carbocycles. The van der Waals surface area contributed by atoms with Crippen LogP contribution in [0.4, 0.5) is 13.2 Å². The highest BCUT2D eigenvalue weighted by Crippen LogP contribution is 2.35. The standard InChI is InChI=1S/C9H5F3N4O2/c10-9(11,12)6-14-8(7(17)18,16-15-6)5-3-1-2-4-13-5/h1-4H,(H,17,18). The lowest BCUT2D eigenvalue weighted by Gasteiger charge is -2.14. The lowest BCUT2D eigenvalue weighted by atomic mass is 10.1. The van der Waals surface area contributed by atoms with E-state index in [4.69, 9.17) is 5.11 Å². The first kappa shape index (κ1) is 12.1. The molecule has 0 fully saturated rings. The monoisotopic (exact) mass is 258 g/mol. The van der Waals surface area contributed by atoms with Crippen LogP contribution in [0.2, 0.25) is 0 Å². The molecule has 94 valence electrons. The number of pyridine rings is 1. The SMILES string of the molecule is O=C(O)C1(c2ccccn2)N=NC(C(F)(F)F)=N1. The third-order valence-electron chi connectivity index (χ3n) is 2.13. The Hall–Kier alpha value is -2.32. The largest absolute Gasteiger partial charge is 0.478 e. The van der Waals surface area contributed by atoms with Gasteiger partial charge < -0.3 is 5.11 Å². The van der Waals surface area contributed by atoms with E-state index in [0.29, 0.717) is 0 Å². The fraction of sp³-hybridized carbons (Fsp3) is 0.222. The lowest BCUT2D eigenvalue weighted by Crippen LogP contribution is -2.32. The van der Waals surface area contributed by atoms with Gasteiger partial charge in [0.2, 0.25) is 0 Å². The Morgan fingerprint density at radius 1 is 1.33 bits per heavy atom. The molecule has 0 amide bonds. The van der Waals surface area contributed by atoms with Crippen LogP contribution in [-0.2, 0) is 10.5 Å². The van der Waals surface area contributed by atoms with Crippen LogP contribution in [0.1, 0.15) is 5.69 Å². The van der Waals surface area contributed by atoms with Gasteiger partial charge in [0, 0.05) is 6.20 Å². The highest BCUT2D eigenvalue weighted by molar-refractivity contribution is 5.94. The number of aliphatic imine (C=N–C) groups is 1. The summed E-state index contributed by atoms with van der Waals surface area (Å²) in [5, 5.41) is 14.9. The van der Waals surface area contributed by atoms with Gasteiger partial charge in [-0.15, -0.1) is 10.2 Å². The van der Waals surface area contributed by atoms with Crippen LogP contribution in [0.15, 0.2) is 39.6 Å². The molecule has 1 unspecified atom stereocenters. The van der Waals surface area contributed by atoms with Crippen LogP contribution >= 0.6 is 0 Å². The van der Waals surface area contributed by atoms with Crippen LogP contribution < -0.4 is 0 Å². The molecule has 1 atom stereocenters. The third kappa shape index (κ3) is 1.83. The second kappa shape index (κ2) is 3.86. The maximum absolute atomic E-state index is 12.4. The molecule has 1 aromatic heterocycles. The van der Waals surface area contributed by atoms with Gasteiger partial charge in [0.15, 0.2) is 0 Å². The summed E-state index contributed by atoms with van der Waals surface area (Å²) < 4.78 is 37.2. The zero-order valence-electron chi connectivity index (χ0n) is 8.59. The van der Waals surface area contributed by atoms with Crippen LogP contribution in [0.25, 0.3) is 0 Å². The first-order valence-electron chi connectivity index (χ1n) is 4.61. The van der Waals surface area contributed by atoms with Gasteiger partial charge >= 0.3 is 17.8 Å². The van der Waals surface area contributed by atoms with Gasteiger partial charge in [-0.2, -0.15) is 13.2 Å². The first-order chi connectivity index (χ1) is 8.36. The molecular weight excluding hydrogens is 253 g/mol. The van der Waals surface area contributed by atoms with Gasteiger partial charge in [0.25, 0.3) is 5.84 Å². The van der Waals surface area contributed by atoms with Crippen molar-refractivity contribution >= 4 is 11.8 Å². The van der Waals surface area contributed by atoms with Gasteiger partial charge in [0.1, 0.15) is 5.69 Å². The molecule has 0 bridgehead atoms. The van der Waals surface area contributed by atoms with Crippen LogP contribution in [0.3, 0.4) is 0 Å². The van der Waals surface area contributed by atoms with Crippen LogP contribution in [0, 0.1) is 0 Å². The number of halogens is 3. The minimum Gasteiger partial charge on any atom is -0.478 e. The smallest absolute Gasteiger partial charge is 0.453 e. The van der Waals surface area contributed by atoms with Crippen molar-refractivity contribution in [1.29, 1.82) is 0 Å². The van der Waals surface area contributed by atoms with Crippen molar-refractivity contribution in [2.45, 2.75) is 11.8 Å². The fourth-order valence-electron chi connectivity index (χ4n) is 1.32. The Kier molecular flexibility index (Phi) is 2.60. The number of alkyl halides is 3. The van der Waals surface area contributed by atoms with Crippen LogP contribution in [-0.4, -0.2) is 28.1 Å². The number of carbonyl (C=O) groups is 1. The maximum atomic E-state index is 12.4. The van der Waals surface area contributed by atoms with Gasteiger partial charge in [0.05, 0.1) is 0 Å². The average molecular weight is 258 g/mol. The Balaban J connectivity index is 2.55. The number of rotatable bonds is 2. The molecule has 1 aromatic rings. The van der Waals surface area contributed by atoms with Gasteiger partial charge in [-0.05, 0) is 12.1 Å². The molecule has 0 spiro atoms. The van der Waals surface area contributed by atoms with E-state index in [2.05, 4.69) is 20.2 Å². The van der Waals surface area contributed by atoms with Crippen molar-refractivity contribution in [3.63, 3.8) is 0 Å². The molecular formula is C9H5F3N4O2. The Morgan fingerprint density at radius 3 is 2.50 bits per heavy atom.